The Balaban J connectivity index is 1.81. The number of hydrogen-bond donors (Lipinski definition) is 2. The van der Waals surface area contributed by atoms with Crippen LogP contribution in [0.2, 0.25) is 0 Å². The number of nitrogens with zero attached hydrogens (tertiary/aromatic N) is 2. The molecule has 0 bridgehead atoms. The lowest BCUT2D eigenvalue weighted by molar-refractivity contribution is -0.149. The van der Waals surface area contributed by atoms with Crippen molar-refractivity contribution in [3.05, 3.63) is 77.7 Å². The van der Waals surface area contributed by atoms with Gasteiger partial charge in [-0.05, 0) is 42.5 Å². The Hall–Kier alpha value is -3.14. The first-order valence-electron chi connectivity index (χ1n) is 10.9. The van der Waals surface area contributed by atoms with Crippen LogP contribution in [-0.2, 0) is 11.2 Å². The van der Waals surface area contributed by atoms with Crippen molar-refractivity contribution in [2.75, 3.05) is 13.7 Å². The zero-order valence-electron chi connectivity index (χ0n) is 18.3. The van der Waals surface area contributed by atoms with Gasteiger partial charge in [-0.1, -0.05) is 43.4 Å². The Labute approximate surface area is 188 Å². The van der Waals surface area contributed by atoms with Crippen LogP contribution in [0.4, 0.5) is 0 Å². The molecule has 2 heterocycles. The molecule has 2 aromatic rings. The maximum atomic E-state index is 12.7. The molecule has 6 heteroatoms. The Morgan fingerprint density at radius 2 is 2.06 bits per heavy atom. The number of nitrogens with two attached hydrogens (primary N) is 1. The van der Waals surface area contributed by atoms with E-state index in [2.05, 4.69) is 42.3 Å². The van der Waals surface area contributed by atoms with E-state index in [1.807, 2.05) is 12.1 Å². The van der Waals surface area contributed by atoms with Gasteiger partial charge in [0.05, 0.1) is 36.7 Å². The minimum Gasteiger partial charge on any atom is -0.495 e. The number of allylic oxidation sites excluding steroid dienone is 4. The highest BCUT2D eigenvalue weighted by Crippen LogP contribution is 2.70. The molecule has 3 N–H and O–H groups in total. The number of fused-ring (bicyclic) bond motifs is 3. The molecule has 1 unspecified atom stereocenters. The number of aromatic nitrogens is 1. The zero-order valence-corrected chi connectivity index (χ0v) is 18.3. The average molecular weight is 430 g/mol. The Morgan fingerprint density at radius 1 is 1.28 bits per heavy atom. The van der Waals surface area contributed by atoms with E-state index in [1.54, 1.807) is 31.6 Å². The average Bonchev–Trinajstić information content (AvgIpc) is 3.24. The standard InChI is InChI=1S/C26H27N3O3/c1-24(10-4-3-5-11-24)22-12-19(14-28)25(30)23-20(31-2)15-29-16-21(23)32-26(22,25)18-8-6-17(13-27)7-9-18/h3-10,15-16,19,22,30H,11-12,14,28H2,1-2H3/t19-,22+,24?,25-,26+/m1/s1. The van der Waals surface area contributed by atoms with Gasteiger partial charge in [-0.3, -0.25) is 4.98 Å². The molecule has 2 aliphatic carbocycles. The smallest absolute Gasteiger partial charge is 0.171 e. The van der Waals surface area contributed by atoms with Gasteiger partial charge in [0.2, 0.25) is 0 Å². The fourth-order valence-corrected chi connectivity index (χ4v) is 6.21. The van der Waals surface area contributed by atoms with Crippen LogP contribution in [0.15, 0.2) is 61.0 Å². The van der Waals surface area contributed by atoms with Crippen LogP contribution in [0.3, 0.4) is 0 Å². The third-order valence-electron chi connectivity index (χ3n) is 7.72. The maximum absolute atomic E-state index is 12.7. The van der Waals surface area contributed by atoms with E-state index < -0.39 is 11.2 Å². The summed E-state index contributed by atoms with van der Waals surface area (Å²) < 4.78 is 12.4. The van der Waals surface area contributed by atoms with Gasteiger partial charge in [-0.25, -0.2) is 0 Å². The lowest BCUT2D eigenvalue weighted by Gasteiger charge is -2.47. The summed E-state index contributed by atoms with van der Waals surface area (Å²) in [6.07, 6.45) is 13.3. The largest absolute Gasteiger partial charge is 0.495 e. The molecule has 0 radical (unpaired) electrons. The van der Waals surface area contributed by atoms with Gasteiger partial charge in [-0.15, -0.1) is 0 Å². The molecule has 1 fully saturated rings. The first-order chi connectivity index (χ1) is 15.4. The summed E-state index contributed by atoms with van der Waals surface area (Å²) in [5.74, 6) is 0.666. The van der Waals surface area contributed by atoms with Crippen LogP contribution in [0.5, 0.6) is 11.5 Å². The van der Waals surface area contributed by atoms with Crippen LogP contribution >= 0.6 is 0 Å². The van der Waals surface area contributed by atoms with Gasteiger partial charge in [0.25, 0.3) is 0 Å². The molecule has 0 spiro atoms. The Morgan fingerprint density at radius 3 is 2.69 bits per heavy atom. The predicted octanol–water partition coefficient (Wildman–Crippen LogP) is 3.55. The third-order valence-corrected chi connectivity index (χ3v) is 7.72. The van der Waals surface area contributed by atoms with Crippen molar-refractivity contribution in [1.82, 2.24) is 4.98 Å². The van der Waals surface area contributed by atoms with Gasteiger partial charge in [-0.2, -0.15) is 5.26 Å². The van der Waals surface area contributed by atoms with Gasteiger partial charge >= 0.3 is 0 Å². The van der Waals surface area contributed by atoms with Crippen molar-refractivity contribution < 1.29 is 14.6 Å². The molecule has 3 aliphatic rings. The topological polar surface area (TPSA) is 101 Å². The van der Waals surface area contributed by atoms with E-state index in [4.69, 9.17) is 15.2 Å². The van der Waals surface area contributed by atoms with Crippen molar-refractivity contribution >= 4 is 0 Å². The molecule has 5 atom stereocenters. The second kappa shape index (κ2) is 7.19. The summed E-state index contributed by atoms with van der Waals surface area (Å²) in [6, 6.07) is 9.52. The Bertz CT molecular complexity index is 1150. The van der Waals surface area contributed by atoms with Crippen LogP contribution < -0.4 is 15.2 Å². The van der Waals surface area contributed by atoms with Crippen LogP contribution in [0.25, 0.3) is 0 Å². The van der Waals surface area contributed by atoms with E-state index in [1.165, 1.54) is 0 Å². The lowest BCUT2D eigenvalue weighted by Crippen LogP contribution is -2.54. The second-order valence-electron chi connectivity index (χ2n) is 9.23. The van der Waals surface area contributed by atoms with Gasteiger partial charge in [0, 0.05) is 11.8 Å². The highest BCUT2D eigenvalue weighted by Gasteiger charge is 2.75. The number of hydrogen-bond acceptors (Lipinski definition) is 6. The first kappa shape index (κ1) is 20.7. The zero-order chi connectivity index (χ0) is 22.6. The van der Waals surface area contributed by atoms with Gasteiger partial charge in [0.1, 0.15) is 17.1 Å². The predicted molar refractivity (Wildman–Crippen MR) is 120 cm³/mol. The number of pyridine rings is 1. The normalized spacial score (nSPS) is 34.5. The first-order valence-corrected chi connectivity index (χ1v) is 10.9. The highest BCUT2D eigenvalue weighted by molar-refractivity contribution is 5.57. The van der Waals surface area contributed by atoms with Gasteiger partial charge in [0.15, 0.2) is 5.60 Å². The van der Waals surface area contributed by atoms with Crippen molar-refractivity contribution in [2.45, 2.75) is 31.0 Å². The minimum absolute atomic E-state index is 0.0835. The molecule has 0 amide bonds. The quantitative estimate of drug-likeness (QED) is 0.771. The molecule has 1 aromatic heterocycles. The lowest BCUT2D eigenvalue weighted by atomic mass is 9.62. The maximum Gasteiger partial charge on any atom is 0.171 e. The van der Waals surface area contributed by atoms with Crippen molar-refractivity contribution in [2.24, 2.45) is 23.0 Å². The monoisotopic (exact) mass is 429 g/mol. The molecule has 1 saturated carbocycles. The summed E-state index contributed by atoms with van der Waals surface area (Å²) in [5, 5.41) is 22.0. The van der Waals surface area contributed by atoms with E-state index in [0.717, 1.165) is 12.0 Å². The number of nitriles is 1. The molecule has 6 nitrogen and oxygen atoms in total. The SMILES string of the molecule is COc1cncc2c1[C@]1(O)[C@@H](CN)C[C@@H](C3(C)C=CC=CC3)[C@]1(c1ccc(C#N)cc1)O2. The summed E-state index contributed by atoms with van der Waals surface area (Å²) in [5.41, 5.74) is 5.50. The fraction of sp³-hybridized carbons (Fsp3) is 0.385. The number of aliphatic hydroxyl groups is 1. The molecular weight excluding hydrogens is 402 g/mol. The van der Waals surface area contributed by atoms with E-state index in [-0.39, 0.29) is 17.3 Å². The third kappa shape index (κ3) is 2.49. The van der Waals surface area contributed by atoms with E-state index in [9.17, 15) is 10.4 Å². The summed E-state index contributed by atoms with van der Waals surface area (Å²) >= 11 is 0. The molecule has 1 aliphatic heterocycles. The van der Waals surface area contributed by atoms with Crippen LogP contribution in [0, 0.1) is 28.6 Å². The minimum atomic E-state index is -1.41. The van der Waals surface area contributed by atoms with E-state index >= 15 is 0 Å². The van der Waals surface area contributed by atoms with Crippen LogP contribution in [0.1, 0.15) is 36.5 Å². The highest BCUT2D eigenvalue weighted by atomic mass is 16.5. The number of methoxy groups -OCH3 is 1. The van der Waals surface area contributed by atoms with Gasteiger partial charge < -0.3 is 20.3 Å². The summed E-state index contributed by atoms with van der Waals surface area (Å²) in [7, 11) is 1.57. The number of benzene rings is 1. The molecular formula is C26H27N3O3. The second-order valence-corrected chi connectivity index (χ2v) is 9.23. The van der Waals surface area contributed by atoms with Crippen molar-refractivity contribution in [1.29, 1.82) is 5.26 Å². The van der Waals surface area contributed by atoms with E-state index in [0.29, 0.717) is 35.6 Å². The molecule has 0 saturated heterocycles. The molecule has 5 rings (SSSR count). The van der Waals surface area contributed by atoms with Crippen molar-refractivity contribution in [3.63, 3.8) is 0 Å². The van der Waals surface area contributed by atoms with Crippen LogP contribution in [-0.4, -0.2) is 23.7 Å². The number of ether oxygens (including phenoxy) is 2. The Kier molecular flexibility index (Phi) is 4.66. The fourth-order valence-electron chi connectivity index (χ4n) is 6.21. The summed E-state index contributed by atoms with van der Waals surface area (Å²) in [6.45, 7) is 2.51. The van der Waals surface area contributed by atoms with Crippen molar-refractivity contribution in [3.8, 4) is 17.6 Å². The molecule has 164 valence electrons. The summed E-state index contributed by atoms with van der Waals surface area (Å²) in [4.78, 5) is 4.28. The number of rotatable bonds is 4. The molecule has 1 aromatic carbocycles. The molecule has 32 heavy (non-hydrogen) atoms.